The molecule has 0 radical (unpaired) electrons. The number of nitrogens with zero attached hydrogens (tertiary/aromatic N) is 2. The molecular weight excluding hydrogens is 366 g/mol. The number of hydrogen-bond donors (Lipinski definition) is 1. The first kappa shape index (κ1) is 22.1. The van der Waals surface area contributed by atoms with E-state index >= 15 is 0 Å². The van der Waals surface area contributed by atoms with Gasteiger partial charge in [-0.05, 0) is 42.5 Å². The number of likely N-dealkylation sites (N-methyl/N-ethyl adjacent to an activating group) is 1. The van der Waals surface area contributed by atoms with E-state index in [1.165, 1.54) is 12.7 Å². The number of nitrogens with one attached hydrogen (secondary N) is 1. The maximum atomic E-state index is 12.2. The number of benzene rings is 2. The molecule has 0 aliphatic rings. The third kappa shape index (κ3) is 5.67. The molecule has 2 aromatic carbocycles. The summed E-state index contributed by atoms with van der Waals surface area (Å²) in [6.07, 6.45) is 0. The van der Waals surface area contributed by atoms with Crippen molar-refractivity contribution in [1.29, 1.82) is 0 Å². The Morgan fingerprint density at radius 3 is 2.52 bits per heavy atom. The molecule has 1 N–H and O–H groups in total. The summed E-state index contributed by atoms with van der Waals surface area (Å²) in [5.74, 6) is 0.116. The standard InChI is InChI=1S/C23H29N3O3/c1-15(2)18-10-8-11-19(13-18)17(4)25-29-14-21-16(3)9-7-12-20(21)22(26-28-6)23(27)24-5/h7-13,15H,14H2,1-6H3,(H,24,27)/b25-17+,26-22+. The zero-order chi connectivity index (χ0) is 21.4. The van der Waals surface area contributed by atoms with Gasteiger partial charge in [-0.1, -0.05) is 60.6 Å². The minimum atomic E-state index is -0.330. The number of amides is 1. The van der Waals surface area contributed by atoms with E-state index in [1.807, 2.05) is 44.2 Å². The summed E-state index contributed by atoms with van der Waals surface area (Å²) in [5.41, 5.74) is 5.73. The molecule has 0 aromatic heterocycles. The average Bonchev–Trinajstić information content (AvgIpc) is 2.72. The molecule has 1 amide bonds. The van der Waals surface area contributed by atoms with Gasteiger partial charge in [-0.15, -0.1) is 0 Å². The second-order valence-corrected chi connectivity index (χ2v) is 7.03. The van der Waals surface area contributed by atoms with Crippen LogP contribution in [0.15, 0.2) is 52.8 Å². The summed E-state index contributed by atoms with van der Waals surface area (Å²) >= 11 is 0. The quantitative estimate of drug-likeness (QED) is 0.539. The van der Waals surface area contributed by atoms with Crippen molar-refractivity contribution in [2.45, 2.75) is 40.2 Å². The van der Waals surface area contributed by atoms with E-state index in [4.69, 9.17) is 9.68 Å². The molecule has 0 atom stereocenters. The smallest absolute Gasteiger partial charge is 0.273 e. The van der Waals surface area contributed by atoms with Crippen molar-refractivity contribution in [3.05, 3.63) is 70.3 Å². The van der Waals surface area contributed by atoms with E-state index in [-0.39, 0.29) is 18.2 Å². The maximum Gasteiger partial charge on any atom is 0.273 e. The zero-order valence-electron chi connectivity index (χ0n) is 17.9. The fourth-order valence-corrected chi connectivity index (χ4v) is 2.91. The fourth-order valence-electron chi connectivity index (χ4n) is 2.91. The van der Waals surface area contributed by atoms with Crippen LogP contribution in [-0.2, 0) is 21.1 Å². The van der Waals surface area contributed by atoms with Gasteiger partial charge in [0.15, 0.2) is 5.71 Å². The number of carbonyl (C=O) groups is 1. The highest BCUT2D eigenvalue weighted by molar-refractivity contribution is 6.45. The first-order valence-corrected chi connectivity index (χ1v) is 9.58. The van der Waals surface area contributed by atoms with Gasteiger partial charge < -0.3 is 15.0 Å². The van der Waals surface area contributed by atoms with Crippen molar-refractivity contribution in [3.63, 3.8) is 0 Å². The minimum absolute atomic E-state index is 0.197. The molecule has 0 aliphatic carbocycles. The van der Waals surface area contributed by atoms with Crippen molar-refractivity contribution in [2.75, 3.05) is 14.2 Å². The number of rotatable bonds is 8. The Morgan fingerprint density at radius 1 is 1.14 bits per heavy atom. The minimum Gasteiger partial charge on any atom is -0.398 e. The lowest BCUT2D eigenvalue weighted by atomic mass is 9.98. The van der Waals surface area contributed by atoms with Crippen molar-refractivity contribution in [1.82, 2.24) is 5.32 Å². The molecule has 0 heterocycles. The van der Waals surface area contributed by atoms with E-state index in [2.05, 4.69) is 41.6 Å². The van der Waals surface area contributed by atoms with Crippen LogP contribution in [0.1, 0.15) is 54.5 Å². The van der Waals surface area contributed by atoms with Crippen LogP contribution in [0, 0.1) is 6.92 Å². The van der Waals surface area contributed by atoms with Gasteiger partial charge in [0.2, 0.25) is 0 Å². The van der Waals surface area contributed by atoms with Gasteiger partial charge in [0.1, 0.15) is 13.7 Å². The molecule has 0 bridgehead atoms. The first-order valence-electron chi connectivity index (χ1n) is 9.58. The van der Waals surface area contributed by atoms with E-state index < -0.39 is 0 Å². The van der Waals surface area contributed by atoms with Gasteiger partial charge in [0, 0.05) is 18.2 Å². The molecule has 154 valence electrons. The van der Waals surface area contributed by atoms with Gasteiger partial charge >= 0.3 is 0 Å². The Labute approximate surface area is 172 Å². The monoisotopic (exact) mass is 395 g/mol. The second-order valence-electron chi connectivity index (χ2n) is 7.03. The molecule has 0 saturated carbocycles. The first-order chi connectivity index (χ1) is 13.9. The Bertz CT molecular complexity index is 917. The number of hydrogen-bond acceptors (Lipinski definition) is 5. The second kappa shape index (κ2) is 10.4. The summed E-state index contributed by atoms with van der Waals surface area (Å²) < 4.78 is 0. The Balaban J connectivity index is 2.27. The van der Waals surface area contributed by atoms with Gasteiger partial charge in [0.05, 0.1) is 5.71 Å². The van der Waals surface area contributed by atoms with Crippen LogP contribution in [0.4, 0.5) is 0 Å². The molecule has 6 heteroatoms. The van der Waals surface area contributed by atoms with Crippen molar-refractivity contribution >= 4 is 17.3 Å². The molecule has 0 unspecified atom stereocenters. The lowest BCUT2D eigenvalue weighted by Crippen LogP contribution is -2.29. The third-order valence-electron chi connectivity index (χ3n) is 4.67. The summed E-state index contributed by atoms with van der Waals surface area (Å²) in [5, 5.41) is 10.8. The summed E-state index contributed by atoms with van der Waals surface area (Å²) in [4.78, 5) is 22.8. The van der Waals surface area contributed by atoms with Crippen LogP contribution < -0.4 is 5.32 Å². The van der Waals surface area contributed by atoms with E-state index in [0.717, 1.165) is 22.4 Å². The van der Waals surface area contributed by atoms with Crippen LogP contribution in [0.2, 0.25) is 0 Å². The van der Waals surface area contributed by atoms with E-state index in [9.17, 15) is 4.79 Å². The third-order valence-corrected chi connectivity index (χ3v) is 4.67. The van der Waals surface area contributed by atoms with Crippen LogP contribution in [0.5, 0.6) is 0 Å². The van der Waals surface area contributed by atoms with E-state index in [1.54, 1.807) is 7.05 Å². The Kier molecular flexibility index (Phi) is 7.95. The van der Waals surface area contributed by atoms with Gasteiger partial charge in [-0.3, -0.25) is 4.79 Å². The number of oxime groups is 2. The van der Waals surface area contributed by atoms with Crippen molar-refractivity contribution < 1.29 is 14.5 Å². The van der Waals surface area contributed by atoms with Crippen LogP contribution in [0.3, 0.4) is 0 Å². The van der Waals surface area contributed by atoms with E-state index in [0.29, 0.717) is 11.5 Å². The molecule has 0 saturated heterocycles. The molecular formula is C23H29N3O3. The summed E-state index contributed by atoms with van der Waals surface area (Å²) in [7, 11) is 2.96. The predicted octanol–water partition coefficient (Wildman–Crippen LogP) is 4.16. The highest BCUT2D eigenvalue weighted by atomic mass is 16.6. The number of carbonyl (C=O) groups excluding carboxylic acids is 1. The van der Waals surface area contributed by atoms with Crippen molar-refractivity contribution in [3.8, 4) is 0 Å². The molecule has 0 spiro atoms. The predicted molar refractivity (Wildman–Crippen MR) is 116 cm³/mol. The fraction of sp³-hybridized carbons (Fsp3) is 0.348. The Hall–Kier alpha value is -3.15. The lowest BCUT2D eigenvalue weighted by Gasteiger charge is -2.13. The Morgan fingerprint density at radius 2 is 1.86 bits per heavy atom. The zero-order valence-corrected chi connectivity index (χ0v) is 17.9. The van der Waals surface area contributed by atoms with Crippen LogP contribution >= 0.6 is 0 Å². The maximum absolute atomic E-state index is 12.2. The van der Waals surface area contributed by atoms with Crippen molar-refractivity contribution in [2.24, 2.45) is 10.3 Å². The molecule has 0 aliphatic heterocycles. The lowest BCUT2D eigenvalue weighted by molar-refractivity contribution is -0.114. The highest BCUT2D eigenvalue weighted by Gasteiger charge is 2.19. The molecule has 2 rings (SSSR count). The highest BCUT2D eigenvalue weighted by Crippen LogP contribution is 2.19. The summed E-state index contributed by atoms with van der Waals surface area (Å²) in [6, 6.07) is 13.9. The van der Waals surface area contributed by atoms with Gasteiger partial charge in [-0.2, -0.15) is 0 Å². The topological polar surface area (TPSA) is 72.3 Å². The molecule has 6 nitrogen and oxygen atoms in total. The molecule has 0 fully saturated rings. The normalized spacial score (nSPS) is 12.1. The molecule has 2 aromatic rings. The van der Waals surface area contributed by atoms with Crippen LogP contribution in [0.25, 0.3) is 0 Å². The van der Waals surface area contributed by atoms with Gasteiger partial charge in [-0.25, -0.2) is 0 Å². The molecule has 29 heavy (non-hydrogen) atoms. The number of aryl methyl sites for hydroxylation is 1. The summed E-state index contributed by atoms with van der Waals surface area (Å²) in [6.45, 7) is 8.41. The SMILES string of the molecule is CNC(=O)/C(=N/OC)c1cccc(C)c1CO/N=C(\C)c1cccc(C(C)C)c1. The van der Waals surface area contributed by atoms with Gasteiger partial charge in [0.25, 0.3) is 5.91 Å². The largest absolute Gasteiger partial charge is 0.398 e. The average molecular weight is 396 g/mol. The van der Waals surface area contributed by atoms with Crippen LogP contribution in [-0.4, -0.2) is 31.5 Å².